The van der Waals surface area contributed by atoms with Crippen LogP contribution in [0.2, 0.25) is 10.0 Å². The quantitative estimate of drug-likeness (QED) is 0.840. The maximum atomic E-state index is 10.2. The molecule has 0 heterocycles. The molecule has 0 aromatic heterocycles. The first-order chi connectivity index (χ1) is 6.13. The molecule has 1 unspecified atom stereocenters. The monoisotopic (exact) mass is 216 g/mol. The topological polar surface area (TPSA) is 43.1 Å². The lowest BCUT2D eigenvalue weighted by Gasteiger charge is -2.05. The molecular weight excluding hydrogens is 209 g/mol. The van der Waals surface area contributed by atoms with Gasteiger partial charge in [-0.1, -0.05) is 29.3 Å². The Morgan fingerprint density at radius 1 is 1.46 bits per heavy atom. The molecule has 1 aromatic rings. The van der Waals surface area contributed by atoms with Gasteiger partial charge in [0.25, 0.3) is 0 Å². The highest BCUT2D eigenvalue weighted by molar-refractivity contribution is 6.35. The number of benzene rings is 1. The van der Waals surface area contributed by atoms with Gasteiger partial charge < -0.3 is 5.73 Å². The summed E-state index contributed by atoms with van der Waals surface area (Å²) in [5, 5.41) is 1.09. The number of hydrogen-bond donors (Lipinski definition) is 1. The van der Waals surface area contributed by atoms with E-state index in [0.29, 0.717) is 16.5 Å². The first-order valence-corrected chi connectivity index (χ1v) is 4.46. The highest BCUT2D eigenvalue weighted by Gasteiger charge is 2.06. The summed E-state index contributed by atoms with van der Waals surface area (Å²) in [6.07, 6.45) is 2.08. The maximum absolute atomic E-state index is 10.2. The fraction of sp³-hybridized carbons (Fsp3) is 0.222. The van der Waals surface area contributed by atoms with Gasteiger partial charge in [0.2, 0.25) is 6.29 Å². The zero-order chi connectivity index (χ0) is 9.84. The Balaban J connectivity index is 2.83. The van der Waals surface area contributed by atoms with E-state index in [4.69, 9.17) is 28.9 Å². The van der Waals surface area contributed by atoms with Gasteiger partial charge in [0.05, 0.1) is 6.04 Å². The SMILES string of the molecule is NC([C]=O)Cc1ccc(Cl)cc1Cl. The Morgan fingerprint density at radius 3 is 2.69 bits per heavy atom. The van der Waals surface area contributed by atoms with E-state index in [0.717, 1.165) is 5.56 Å². The van der Waals surface area contributed by atoms with Crippen molar-refractivity contribution in [3.8, 4) is 0 Å². The molecule has 0 aliphatic rings. The molecule has 13 heavy (non-hydrogen) atoms. The van der Waals surface area contributed by atoms with E-state index in [1.165, 1.54) is 0 Å². The second-order valence-corrected chi connectivity index (χ2v) is 3.51. The predicted molar refractivity (Wildman–Crippen MR) is 53.8 cm³/mol. The Kier molecular flexibility index (Phi) is 3.72. The minimum atomic E-state index is -0.626. The summed E-state index contributed by atoms with van der Waals surface area (Å²) in [7, 11) is 0. The molecule has 0 aliphatic carbocycles. The molecule has 2 N–H and O–H groups in total. The van der Waals surface area contributed by atoms with Gasteiger partial charge in [0, 0.05) is 10.0 Å². The minimum absolute atomic E-state index is 0.388. The molecule has 0 amide bonds. The number of halogens is 2. The van der Waals surface area contributed by atoms with Crippen molar-refractivity contribution in [3.05, 3.63) is 33.8 Å². The number of carbonyl (C=O) groups excluding carboxylic acids is 1. The van der Waals surface area contributed by atoms with Crippen LogP contribution in [0.25, 0.3) is 0 Å². The number of nitrogens with two attached hydrogens (primary N) is 1. The van der Waals surface area contributed by atoms with Crippen molar-refractivity contribution in [2.75, 3.05) is 0 Å². The van der Waals surface area contributed by atoms with Crippen LogP contribution in [0, 0.1) is 0 Å². The number of rotatable bonds is 3. The third-order valence-corrected chi connectivity index (χ3v) is 2.19. The van der Waals surface area contributed by atoms with Crippen molar-refractivity contribution < 1.29 is 4.79 Å². The molecular formula is C9H8Cl2NO. The van der Waals surface area contributed by atoms with E-state index >= 15 is 0 Å². The molecule has 0 saturated heterocycles. The first kappa shape index (κ1) is 10.5. The molecule has 1 atom stereocenters. The minimum Gasteiger partial charge on any atom is -0.321 e. The van der Waals surface area contributed by atoms with E-state index in [-0.39, 0.29) is 0 Å². The van der Waals surface area contributed by atoms with E-state index < -0.39 is 6.04 Å². The summed E-state index contributed by atoms with van der Waals surface area (Å²) in [5.74, 6) is 0. The van der Waals surface area contributed by atoms with Crippen LogP contribution in [0.15, 0.2) is 18.2 Å². The highest BCUT2D eigenvalue weighted by Crippen LogP contribution is 2.21. The van der Waals surface area contributed by atoms with Crippen molar-refractivity contribution in [1.82, 2.24) is 0 Å². The van der Waals surface area contributed by atoms with Crippen molar-refractivity contribution in [1.29, 1.82) is 0 Å². The molecule has 0 bridgehead atoms. The van der Waals surface area contributed by atoms with Crippen molar-refractivity contribution in [2.45, 2.75) is 12.5 Å². The van der Waals surface area contributed by atoms with Gasteiger partial charge in [-0.15, -0.1) is 0 Å². The predicted octanol–water partition coefficient (Wildman–Crippen LogP) is 1.97. The summed E-state index contributed by atoms with van der Waals surface area (Å²) in [6.45, 7) is 0. The van der Waals surface area contributed by atoms with Crippen molar-refractivity contribution >= 4 is 29.5 Å². The average molecular weight is 217 g/mol. The second kappa shape index (κ2) is 4.61. The van der Waals surface area contributed by atoms with Crippen LogP contribution in [-0.4, -0.2) is 12.3 Å². The zero-order valence-corrected chi connectivity index (χ0v) is 8.27. The average Bonchev–Trinajstić information content (AvgIpc) is 2.09. The summed E-state index contributed by atoms with van der Waals surface area (Å²) in [5.41, 5.74) is 6.20. The van der Waals surface area contributed by atoms with E-state index in [1.54, 1.807) is 24.5 Å². The third-order valence-electron chi connectivity index (χ3n) is 1.61. The summed E-state index contributed by atoms with van der Waals surface area (Å²) in [6, 6.07) is 4.46. The van der Waals surface area contributed by atoms with Crippen LogP contribution < -0.4 is 5.73 Å². The molecule has 4 heteroatoms. The molecule has 1 radical (unpaired) electrons. The van der Waals surface area contributed by atoms with Gasteiger partial charge in [0.1, 0.15) is 0 Å². The van der Waals surface area contributed by atoms with Gasteiger partial charge in [-0.05, 0) is 24.1 Å². The van der Waals surface area contributed by atoms with Crippen LogP contribution in [-0.2, 0) is 11.2 Å². The standard InChI is InChI=1S/C9H8Cl2NO/c10-7-2-1-6(9(11)4-7)3-8(12)5-13/h1-2,4,8H,3,12H2. The largest absolute Gasteiger partial charge is 0.321 e. The summed E-state index contributed by atoms with van der Waals surface area (Å²) in [4.78, 5) is 10.2. The lowest BCUT2D eigenvalue weighted by atomic mass is 10.1. The smallest absolute Gasteiger partial charge is 0.217 e. The van der Waals surface area contributed by atoms with Crippen molar-refractivity contribution in [3.63, 3.8) is 0 Å². The molecule has 0 aliphatic heterocycles. The van der Waals surface area contributed by atoms with Gasteiger partial charge >= 0.3 is 0 Å². The van der Waals surface area contributed by atoms with Crippen LogP contribution in [0.4, 0.5) is 0 Å². The third kappa shape index (κ3) is 2.99. The van der Waals surface area contributed by atoms with Crippen LogP contribution in [0.5, 0.6) is 0 Å². The molecule has 1 aromatic carbocycles. The maximum Gasteiger partial charge on any atom is 0.217 e. The van der Waals surface area contributed by atoms with Crippen LogP contribution >= 0.6 is 23.2 Å². The molecule has 69 valence electrons. The van der Waals surface area contributed by atoms with Crippen molar-refractivity contribution in [2.24, 2.45) is 5.73 Å². The van der Waals surface area contributed by atoms with Gasteiger partial charge in [0.15, 0.2) is 0 Å². The van der Waals surface area contributed by atoms with Gasteiger partial charge in [-0.2, -0.15) is 0 Å². The Hall–Kier alpha value is -0.570. The normalized spacial score (nSPS) is 12.5. The van der Waals surface area contributed by atoms with Crippen LogP contribution in [0.3, 0.4) is 0 Å². The Labute approximate surface area is 86.6 Å². The van der Waals surface area contributed by atoms with Gasteiger partial charge in [-0.25, -0.2) is 0 Å². The molecule has 0 spiro atoms. The van der Waals surface area contributed by atoms with E-state index in [1.807, 2.05) is 0 Å². The lowest BCUT2D eigenvalue weighted by molar-refractivity contribution is 0.541. The Bertz CT molecular complexity index is 314. The van der Waals surface area contributed by atoms with E-state index in [9.17, 15) is 4.79 Å². The zero-order valence-electron chi connectivity index (χ0n) is 6.76. The molecule has 1 rings (SSSR count). The molecule has 0 saturated carbocycles. The highest BCUT2D eigenvalue weighted by atomic mass is 35.5. The van der Waals surface area contributed by atoms with Crippen LogP contribution in [0.1, 0.15) is 5.56 Å². The first-order valence-electron chi connectivity index (χ1n) is 3.70. The molecule has 2 nitrogen and oxygen atoms in total. The number of hydrogen-bond acceptors (Lipinski definition) is 2. The Morgan fingerprint density at radius 2 is 2.15 bits per heavy atom. The van der Waals surface area contributed by atoms with E-state index in [2.05, 4.69) is 0 Å². The lowest BCUT2D eigenvalue weighted by Crippen LogP contribution is -2.24. The fourth-order valence-corrected chi connectivity index (χ4v) is 1.45. The van der Waals surface area contributed by atoms with Gasteiger partial charge in [-0.3, -0.25) is 4.79 Å². The molecule has 0 fully saturated rings. The fourth-order valence-electron chi connectivity index (χ4n) is 0.966. The second-order valence-electron chi connectivity index (χ2n) is 2.66. The summed E-state index contributed by atoms with van der Waals surface area (Å²) < 4.78 is 0. The summed E-state index contributed by atoms with van der Waals surface area (Å²) >= 11 is 11.6.